The van der Waals surface area contributed by atoms with Gasteiger partial charge in [-0.25, -0.2) is 0 Å². The first-order valence-electron chi connectivity index (χ1n) is 6.49. The number of rotatable bonds is 9. The number of likely N-dealkylation sites (N-methyl/N-ethyl adjacent to an activating group) is 1. The molecule has 5 nitrogen and oxygen atoms in total. The van der Waals surface area contributed by atoms with Crippen molar-refractivity contribution in [1.29, 1.82) is 0 Å². The Hall–Kier alpha value is -1.10. The Balaban J connectivity index is 3.78. The fraction of sp³-hybridized carbons (Fsp3) is 0.846. The number of hydrogen-bond acceptors (Lipinski definition) is 3. The van der Waals surface area contributed by atoms with Gasteiger partial charge in [-0.1, -0.05) is 13.8 Å². The van der Waals surface area contributed by atoms with Gasteiger partial charge in [-0.2, -0.15) is 0 Å². The molecule has 0 spiro atoms. The summed E-state index contributed by atoms with van der Waals surface area (Å²) in [6.07, 6.45) is 1.74. The van der Waals surface area contributed by atoms with E-state index in [0.29, 0.717) is 37.8 Å². The molecule has 5 heteroatoms. The van der Waals surface area contributed by atoms with Crippen LogP contribution in [0, 0.1) is 5.92 Å². The lowest BCUT2D eigenvalue weighted by molar-refractivity contribution is -0.137. The Bertz CT molecular complexity index is 257. The number of carbonyl (C=O) groups excluding carboxylic acids is 1. The molecule has 0 radical (unpaired) electrons. The van der Waals surface area contributed by atoms with Crippen LogP contribution >= 0.6 is 0 Å². The summed E-state index contributed by atoms with van der Waals surface area (Å²) in [5, 5.41) is 11.4. The van der Waals surface area contributed by atoms with Crippen molar-refractivity contribution in [3.63, 3.8) is 0 Å². The zero-order chi connectivity index (χ0) is 14.1. The van der Waals surface area contributed by atoms with Gasteiger partial charge in [-0.05, 0) is 32.9 Å². The maximum absolute atomic E-state index is 11.6. The van der Waals surface area contributed by atoms with Crippen molar-refractivity contribution in [3.05, 3.63) is 0 Å². The zero-order valence-electron chi connectivity index (χ0n) is 11.9. The number of amides is 1. The Morgan fingerprint density at radius 2 is 1.72 bits per heavy atom. The van der Waals surface area contributed by atoms with Crippen LogP contribution in [-0.4, -0.2) is 48.6 Å². The predicted molar refractivity (Wildman–Crippen MR) is 71.4 cm³/mol. The number of unbranched alkanes of at least 4 members (excludes halogenated alkanes) is 1. The molecule has 0 heterocycles. The molecule has 0 rings (SSSR count). The second-order valence-electron chi connectivity index (χ2n) is 5.18. The fourth-order valence-corrected chi connectivity index (χ4v) is 1.88. The first-order chi connectivity index (χ1) is 8.34. The van der Waals surface area contributed by atoms with Crippen LogP contribution < -0.4 is 5.32 Å². The molecular weight excluding hydrogens is 232 g/mol. The van der Waals surface area contributed by atoms with Crippen molar-refractivity contribution in [3.8, 4) is 0 Å². The minimum Gasteiger partial charge on any atom is -0.481 e. The van der Waals surface area contributed by atoms with Crippen LogP contribution in [0.2, 0.25) is 0 Å². The Kier molecular flexibility index (Phi) is 8.37. The molecule has 0 aliphatic carbocycles. The van der Waals surface area contributed by atoms with Crippen molar-refractivity contribution < 1.29 is 14.7 Å². The van der Waals surface area contributed by atoms with Gasteiger partial charge < -0.3 is 15.3 Å². The van der Waals surface area contributed by atoms with E-state index in [2.05, 4.69) is 24.1 Å². The predicted octanol–water partition coefficient (Wildman–Crippen LogP) is 1.33. The van der Waals surface area contributed by atoms with Crippen LogP contribution in [0.5, 0.6) is 0 Å². The number of carboxylic acids is 1. The molecule has 0 aromatic rings. The fourth-order valence-electron chi connectivity index (χ4n) is 1.88. The van der Waals surface area contributed by atoms with Gasteiger partial charge in [0.2, 0.25) is 5.91 Å². The normalized spacial score (nSPS) is 12.8. The van der Waals surface area contributed by atoms with E-state index in [9.17, 15) is 9.59 Å². The molecule has 0 saturated heterocycles. The number of carbonyl (C=O) groups is 2. The monoisotopic (exact) mass is 258 g/mol. The average molecular weight is 258 g/mol. The first kappa shape index (κ1) is 16.9. The van der Waals surface area contributed by atoms with Gasteiger partial charge in [-0.15, -0.1) is 0 Å². The third-order valence-electron chi connectivity index (χ3n) is 2.99. The highest BCUT2D eigenvalue weighted by Gasteiger charge is 2.16. The molecule has 18 heavy (non-hydrogen) atoms. The summed E-state index contributed by atoms with van der Waals surface area (Å²) in [5.41, 5.74) is 0. The Morgan fingerprint density at radius 3 is 2.17 bits per heavy atom. The maximum Gasteiger partial charge on any atom is 0.303 e. The summed E-state index contributed by atoms with van der Waals surface area (Å²) in [5.74, 6) is -0.317. The van der Waals surface area contributed by atoms with Crippen LogP contribution in [0.1, 0.15) is 39.5 Å². The molecular formula is C13H26N2O3. The summed E-state index contributed by atoms with van der Waals surface area (Å²) in [6, 6.07) is 0.327. The number of hydrogen-bond donors (Lipinski definition) is 2. The smallest absolute Gasteiger partial charge is 0.303 e. The summed E-state index contributed by atoms with van der Waals surface area (Å²) < 4.78 is 0. The van der Waals surface area contributed by atoms with E-state index >= 15 is 0 Å². The van der Waals surface area contributed by atoms with Gasteiger partial charge in [0, 0.05) is 25.4 Å². The topological polar surface area (TPSA) is 69.6 Å². The van der Waals surface area contributed by atoms with Crippen molar-refractivity contribution in [2.45, 2.75) is 45.6 Å². The molecule has 0 fully saturated rings. The van der Waals surface area contributed by atoms with Crippen molar-refractivity contribution >= 4 is 11.9 Å². The molecule has 0 bridgehead atoms. The first-order valence-corrected chi connectivity index (χ1v) is 6.49. The quantitative estimate of drug-likeness (QED) is 0.612. The van der Waals surface area contributed by atoms with Crippen molar-refractivity contribution in [2.24, 2.45) is 5.92 Å². The highest BCUT2D eigenvalue weighted by Crippen LogP contribution is 2.06. The van der Waals surface area contributed by atoms with E-state index in [4.69, 9.17) is 5.11 Å². The van der Waals surface area contributed by atoms with E-state index in [1.807, 2.05) is 14.1 Å². The van der Waals surface area contributed by atoms with Gasteiger partial charge in [-0.3, -0.25) is 9.59 Å². The third-order valence-corrected chi connectivity index (χ3v) is 2.99. The number of aliphatic carboxylic acids is 1. The second-order valence-corrected chi connectivity index (χ2v) is 5.18. The number of carboxylic acid groups (broad SMARTS) is 1. The summed E-state index contributed by atoms with van der Waals surface area (Å²) in [4.78, 5) is 24.0. The molecule has 0 aromatic carbocycles. The van der Waals surface area contributed by atoms with Crippen molar-refractivity contribution in [1.82, 2.24) is 10.2 Å². The third kappa shape index (κ3) is 8.06. The Labute approximate surface area is 110 Å². The van der Waals surface area contributed by atoms with Gasteiger partial charge in [0.25, 0.3) is 0 Å². The summed E-state index contributed by atoms with van der Waals surface area (Å²) >= 11 is 0. The van der Waals surface area contributed by atoms with Gasteiger partial charge in [0.1, 0.15) is 0 Å². The lowest BCUT2D eigenvalue weighted by atomic mass is 10.0. The molecule has 106 valence electrons. The van der Waals surface area contributed by atoms with E-state index in [1.165, 1.54) is 0 Å². The van der Waals surface area contributed by atoms with Crippen LogP contribution in [0.25, 0.3) is 0 Å². The van der Waals surface area contributed by atoms with E-state index in [0.717, 1.165) is 0 Å². The van der Waals surface area contributed by atoms with Crippen LogP contribution in [-0.2, 0) is 9.59 Å². The van der Waals surface area contributed by atoms with Gasteiger partial charge in [0.05, 0.1) is 0 Å². The Morgan fingerprint density at radius 1 is 1.17 bits per heavy atom. The SMILES string of the molecule is CC(C)C(CNC(=O)CCCCC(=O)O)N(C)C. The zero-order valence-corrected chi connectivity index (χ0v) is 11.9. The molecule has 0 aromatic heterocycles. The lowest BCUT2D eigenvalue weighted by Crippen LogP contribution is -2.43. The van der Waals surface area contributed by atoms with E-state index < -0.39 is 5.97 Å². The molecule has 2 N–H and O–H groups in total. The minimum absolute atomic E-state index is 0.00730. The molecule has 1 atom stereocenters. The molecule has 1 amide bonds. The second kappa shape index (κ2) is 8.91. The number of nitrogens with zero attached hydrogens (tertiary/aromatic N) is 1. The van der Waals surface area contributed by atoms with Crippen LogP contribution in [0.4, 0.5) is 0 Å². The van der Waals surface area contributed by atoms with Crippen LogP contribution in [0.3, 0.4) is 0 Å². The standard InChI is InChI=1S/C13H26N2O3/c1-10(2)11(15(3)4)9-14-12(16)7-5-6-8-13(17)18/h10-11H,5-9H2,1-4H3,(H,14,16)(H,17,18). The highest BCUT2D eigenvalue weighted by atomic mass is 16.4. The van der Waals surface area contributed by atoms with Gasteiger partial charge in [0.15, 0.2) is 0 Å². The minimum atomic E-state index is -0.803. The summed E-state index contributed by atoms with van der Waals surface area (Å²) in [7, 11) is 4.01. The van der Waals surface area contributed by atoms with Crippen LogP contribution in [0.15, 0.2) is 0 Å². The van der Waals surface area contributed by atoms with E-state index in [-0.39, 0.29) is 12.3 Å². The highest BCUT2D eigenvalue weighted by molar-refractivity contribution is 5.75. The molecule has 1 unspecified atom stereocenters. The maximum atomic E-state index is 11.6. The van der Waals surface area contributed by atoms with E-state index in [1.54, 1.807) is 0 Å². The molecule has 0 saturated carbocycles. The largest absolute Gasteiger partial charge is 0.481 e. The average Bonchev–Trinajstić information content (AvgIpc) is 2.23. The summed E-state index contributed by atoms with van der Waals surface area (Å²) in [6.45, 7) is 4.90. The number of nitrogens with one attached hydrogen (secondary N) is 1. The lowest BCUT2D eigenvalue weighted by Gasteiger charge is -2.28. The van der Waals surface area contributed by atoms with Gasteiger partial charge >= 0.3 is 5.97 Å². The molecule has 0 aliphatic heterocycles. The molecule has 0 aliphatic rings. The van der Waals surface area contributed by atoms with Crippen molar-refractivity contribution in [2.75, 3.05) is 20.6 Å².